The van der Waals surface area contributed by atoms with Crippen molar-refractivity contribution in [3.8, 4) is 5.75 Å². The molecule has 1 rings (SSSR count). The van der Waals surface area contributed by atoms with E-state index < -0.39 is 0 Å². The van der Waals surface area contributed by atoms with Crippen LogP contribution in [0, 0.1) is 6.92 Å². The van der Waals surface area contributed by atoms with E-state index in [1.807, 2.05) is 24.3 Å². The minimum atomic E-state index is 0. The Morgan fingerprint density at radius 3 is 2.21 bits per heavy atom. The standard InChI is InChI=1S/C16H25O2.Li/c1-3-4-5-6-7-8-13-18-14-15-9-11-16(17-2)12-10-15;/h9-12H,1,3-8,13-14H2,2H3;/q-1;+1. The zero-order valence-electron chi connectivity index (χ0n) is 12.5. The van der Waals surface area contributed by atoms with Crippen LogP contribution in [0.15, 0.2) is 24.3 Å². The van der Waals surface area contributed by atoms with Crippen molar-refractivity contribution in [3.05, 3.63) is 36.8 Å². The molecule has 102 valence electrons. The van der Waals surface area contributed by atoms with E-state index in [0.29, 0.717) is 6.61 Å². The molecule has 0 amide bonds. The van der Waals surface area contributed by atoms with Crippen LogP contribution in [-0.4, -0.2) is 13.7 Å². The fourth-order valence-electron chi connectivity index (χ4n) is 1.82. The SMILES string of the molecule is [CH2-]CCCCCCCOCc1ccc(OC)cc1.[Li+]. The van der Waals surface area contributed by atoms with E-state index >= 15 is 0 Å². The number of benzene rings is 1. The minimum absolute atomic E-state index is 0. The summed E-state index contributed by atoms with van der Waals surface area (Å²) in [7, 11) is 1.68. The zero-order chi connectivity index (χ0) is 13.1. The van der Waals surface area contributed by atoms with Crippen molar-refractivity contribution in [2.24, 2.45) is 0 Å². The van der Waals surface area contributed by atoms with Gasteiger partial charge in [0.1, 0.15) is 5.75 Å². The van der Waals surface area contributed by atoms with Crippen LogP contribution in [0.25, 0.3) is 0 Å². The Hall–Kier alpha value is -0.423. The summed E-state index contributed by atoms with van der Waals surface area (Å²) in [6.45, 7) is 5.40. The maximum Gasteiger partial charge on any atom is 1.00 e. The largest absolute Gasteiger partial charge is 1.00 e. The van der Waals surface area contributed by atoms with E-state index in [1.165, 1.54) is 31.2 Å². The Morgan fingerprint density at radius 2 is 1.58 bits per heavy atom. The fourth-order valence-corrected chi connectivity index (χ4v) is 1.82. The Kier molecular flexibility index (Phi) is 12.3. The van der Waals surface area contributed by atoms with Gasteiger partial charge in [0.25, 0.3) is 0 Å². The van der Waals surface area contributed by atoms with Gasteiger partial charge in [-0.2, -0.15) is 6.42 Å². The number of unbranched alkanes of at least 4 members (excludes halogenated alkanes) is 5. The summed E-state index contributed by atoms with van der Waals surface area (Å²) in [6, 6.07) is 8.04. The van der Waals surface area contributed by atoms with E-state index in [2.05, 4.69) is 6.92 Å². The molecule has 19 heavy (non-hydrogen) atoms. The van der Waals surface area contributed by atoms with E-state index in [-0.39, 0.29) is 18.9 Å². The molecule has 0 aliphatic heterocycles. The predicted octanol–water partition coefficient (Wildman–Crippen LogP) is 1.39. The summed E-state index contributed by atoms with van der Waals surface area (Å²) in [5, 5.41) is 0. The zero-order valence-corrected chi connectivity index (χ0v) is 12.5. The van der Waals surface area contributed by atoms with Crippen molar-refractivity contribution in [1.29, 1.82) is 0 Å². The Labute approximate surface area is 130 Å². The average Bonchev–Trinajstić information content (AvgIpc) is 2.42. The summed E-state index contributed by atoms with van der Waals surface area (Å²) in [5.41, 5.74) is 1.20. The van der Waals surface area contributed by atoms with Crippen molar-refractivity contribution in [2.45, 2.75) is 45.1 Å². The molecule has 0 spiro atoms. The van der Waals surface area contributed by atoms with Crippen LogP contribution in [0.4, 0.5) is 0 Å². The first-order valence-corrected chi connectivity index (χ1v) is 6.86. The van der Waals surface area contributed by atoms with Crippen LogP contribution < -0.4 is 23.6 Å². The van der Waals surface area contributed by atoms with Gasteiger partial charge in [-0.25, -0.2) is 0 Å². The molecule has 0 fully saturated rings. The van der Waals surface area contributed by atoms with E-state index in [9.17, 15) is 0 Å². The second kappa shape index (κ2) is 12.6. The normalized spacial score (nSPS) is 10.0. The van der Waals surface area contributed by atoms with Gasteiger partial charge in [-0.15, -0.1) is 0 Å². The molecule has 0 N–H and O–H groups in total. The topological polar surface area (TPSA) is 18.5 Å². The van der Waals surface area contributed by atoms with E-state index in [0.717, 1.165) is 25.2 Å². The second-order valence-corrected chi connectivity index (χ2v) is 4.52. The predicted molar refractivity (Wildman–Crippen MR) is 75.7 cm³/mol. The van der Waals surface area contributed by atoms with Gasteiger partial charge in [0.05, 0.1) is 13.7 Å². The number of hydrogen-bond acceptors (Lipinski definition) is 2. The second-order valence-electron chi connectivity index (χ2n) is 4.52. The first kappa shape index (κ1) is 18.6. The third-order valence-corrected chi connectivity index (χ3v) is 2.97. The summed E-state index contributed by atoms with van der Waals surface area (Å²) in [6.07, 6.45) is 7.36. The maximum atomic E-state index is 5.65. The van der Waals surface area contributed by atoms with Crippen LogP contribution in [0.2, 0.25) is 0 Å². The minimum Gasteiger partial charge on any atom is -0.497 e. The van der Waals surface area contributed by atoms with Crippen molar-refractivity contribution >= 4 is 0 Å². The van der Waals surface area contributed by atoms with Gasteiger partial charge in [0, 0.05) is 6.61 Å². The average molecular weight is 256 g/mol. The molecule has 0 aliphatic carbocycles. The number of rotatable bonds is 10. The summed E-state index contributed by atoms with van der Waals surface area (Å²) < 4.78 is 10.8. The molecule has 0 saturated heterocycles. The molecule has 0 aliphatic rings. The molecule has 0 bridgehead atoms. The van der Waals surface area contributed by atoms with Crippen LogP contribution >= 0.6 is 0 Å². The van der Waals surface area contributed by atoms with Gasteiger partial charge >= 0.3 is 18.9 Å². The molecule has 1 aromatic rings. The Bertz CT molecular complexity index is 298. The van der Waals surface area contributed by atoms with Gasteiger partial charge in [-0.3, -0.25) is 0 Å². The molecule has 0 aromatic heterocycles. The van der Waals surface area contributed by atoms with Crippen LogP contribution in [0.5, 0.6) is 5.75 Å². The van der Waals surface area contributed by atoms with Crippen molar-refractivity contribution in [1.82, 2.24) is 0 Å². The van der Waals surface area contributed by atoms with Crippen LogP contribution in [-0.2, 0) is 11.3 Å². The summed E-state index contributed by atoms with van der Waals surface area (Å²) >= 11 is 0. The molecule has 1 aromatic carbocycles. The molecule has 0 radical (unpaired) electrons. The molecule has 0 saturated carbocycles. The van der Waals surface area contributed by atoms with Crippen LogP contribution in [0.1, 0.15) is 44.1 Å². The molecular formula is C16H25LiO2. The molecule has 0 heterocycles. The molecule has 0 atom stereocenters. The maximum absolute atomic E-state index is 5.65. The monoisotopic (exact) mass is 256 g/mol. The molecular weight excluding hydrogens is 231 g/mol. The molecule has 0 unspecified atom stereocenters. The van der Waals surface area contributed by atoms with Crippen molar-refractivity contribution < 1.29 is 28.3 Å². The Balaban J connectivity index is 0.00000324. The summed E-state index contributed by atoms with van der Waals surface area (Å²) in [5.74, 6) is 0.893. The number of methoxy groups -OCH3 is 1. The summed E-state index contributed by atoms with van der Waals surface area (Å²) in [4.78, 5) is 0. The first-order valence-electron chi connectivity index (χ1n) is 6.86. The third kappa shape index (κ3) is 9.16. The van der Waals surface area contributed by atoms with Crippen molar-refractivity contribution in [2.75, 3.05) is 13.7 Å². The number of ether oxygens (including phenoxy) is 2. The van der Waals surface area contributed by atoms with E-state index in [4.69, 9.17) is 9.47 Å². The van der Waals surface area contributed by atoms with Crippen LogP contribution in [0.3, 0.4) is 0 Å². The molecule has 2 nitrogen and oxygen atoms in total. The molecule has 3 heteroatoms. The first-order chi connectivity index (χ1) is 8.86. The third-order valence-electron chi connectivity index (χ3n) is 2.97. The quantitative estimate of drug-likeness (QED) is 0.358. The fraction of sp³-hybridized carbons (Fsp3) is 0.562. The Morgan fingerprint density at radius 1 is 0.947 bits per heavy atom. The van der Waals surface area contributed by atoms with Gasteiger partial charge in [0.15, 0.2) is 0 Å². The number of hydrogen-bond donors (Lipinski definition) is 0. The van der Waals surface area contributed by atoms with Gasteiger partial charge in [-0.05, 0) is 24.1 Å². The van der Waals surface area contributed by atoms with Gasteiger partial charge < -0.3 is 16.4 Å². The van der Waals surface area contributed by atoms with Gasteiger partial charge in [0.2, 0.25) is 0 Å². The van der Waals surface area contributed by atoms with E-state index in [1.54, 1.807) is 7.11 Å². The van der Waals surface area contributed by atoms with Gasteiger partial charge in [-0.1, -0.05) is 37.8 Å². The smallest absolute Gasteiger partial charge is 0.497 e. The van der Waals surface area contributed by atoms with Crippen molar-refractivity contribution in [3.63, 3.8) is 0 Å².